The standard InChI is InChI=1S/C26H26F3N5O3/c1-3-37-24-16(5-4-12-30-24)18-7-6-17-21(32-18)23(35)31-15-25(17)10-13-34(14-11-25)19-8-9-20(36-2)33-22(19)26(27,28)29/h4-9,12H,3,10-11,13-15H2,1-2H3,(H,31,35). The average Bonchev–Trinajstić information content (AvgIpc) is 2.91. The fraction of sp³-hybridized carbons (Fsp3) is 0.385. The van der Waals surface area contributed by atoms with Gasteiger partial charge in [-0.05, 0) is 49.6 Å². The fourth-order valence-corrected chi connectivity index (χ4v) is 5.11. The van der Waals surface area contributed by atoms with E-state index in [1.54, 1.807) is 17.2 Å². The molecule has 0 unspecified atom stereocenters. The van der Waals surface area contributed by atoms with Crippen LogP contribution in [-0.4, -0.2) is 54.2 Å². The summed E-state index contributed by atoms with van der Waals surface area (Å²) in [7, 11) is 1.28. The molecule has 1 fully saturated rings. The lowest BCUT2D eigenvalue weighted by Gasteiger charge is -2.45. The number of carbonyl (C=O) groups is 1. The highest BCUT2D eigenvalue weighted by Gasteiger charge is 2.44. The lowest BCUT2D eigenvalue weighted by molar-refractivity contribution is -0.140. The molecule has 37 heavy (non-hydrogen) atoms. The van der Waals surface area contributed by atoms with Gasteiger partial charge in [-0.25, -0.2) is 15.0 Å². The lowest BCUT2D eigenvalue weighted by atomic mass is 9.70. The largest absolute Gasteiger partial charge is 0.481 e. The van der Waals surface area contributed by atoms with E-state index in [1.165, 1.54) is 19.2 Å². The van der Waals surface area contributed by atoms with Gasteiger partial charge in [-0.3, -0.25) is 4.79 Å². The van der Waals surface area contributed by atoms with Crippen LogP contribution in [0.15, 0.2) is 42.6 Å². The molecule has 1 amide bonds. The minimum Gasteiger partial charge on any atom is -0.481 e. The number of alkyl halides is 3. The number of methoxy groups -OCH3 is 1. The van der Waals surface area contributed by atoms with Crippen molar-refractivity contribution in [3.05, 3.63) is 59.5 Å². The molecular formula is C26H26F3N5O3. The zero-order valence-electron chi connectivity index (χ0n) is 20.4. The Hall–Kier alpha value is -3.89. The van der Waals surface area contributed by atoms with E-state index in [-0.39, 0.29) is 17.5 Å². The van der Waals surface area contributed by atoms with Gasteiger partial charge >= 0.3 is 6.18 Å². The summed E-state index contributed by atoms with van der Waals surface area (Å²) >= 11 is 0. The number of anilines is 1. The van der Waals surface area contributed by atoms with Crippen molar-refractivity contribution in [3.63, 3.8) is 0 Å². The molecule has 0 atom stereocenters. The summed E-state index contributed by atoms with van der Waals surface area (Å²) in [5.41, 5.74) is 1.02. The van der Waals surface area contributed by atoms with E-state index in [0.717, 1.165) is 5.56 Å². The van der Waals surface area contributed by atoms with Crippen molar-refractivity contribution in [1.29, 1.82) is 0 Å². The van der Waals surface area contributed by atoms with Gasteiger partial charge in [0, 0.05) is 37.3 Å². The first-order valence-electron chi connectivity index (χ1n) is 12.0. The van der Waals surface area contributed by atoms with Crippen LogP contribution in [-0.2, 0) is 11.6 Å². The van der Waals surface area contributed by atoms with E-state index >= 15 is 0 Å². The van der Waals surface area contributed by atoms with Gasteiger partial charge in [0.15, 0.2) is 5.69 Å². The van der Waals surface area contributed by atoms with Crippen molar-refractivity contribution in [2.45, 2.75) is 31.4 Å². The van der Waals surface area contributed by atoms with E-state index in [4.69, 9.17) is 9.47 Å². The lowest BCUT2D eigenvalue weighted by Crippen LogP contribution is -2.53. The van der Waals surface area contributed by atoms with Gasteiger partial charge in [-0.2, -0.15) is 13.2 Å². The van der Waals surface area contributed by atoms with Gasteiger partial charge in [-0.1, -0.05) is 6.07 Å². The summed E-state index contributed by atoms with van der Waals surface area (Å²) in [5, 5.41) is 2.95. The number of nitrogens with zero attached hydrogens (tertiary/aromatic N) is 4. The highest BCUT2D eigenvalue weighted by molar-refractivity contribution is 5.96. The number of hydrogen-bond donors (Lipinski definition) is 1. The molecule has 8 nitrogen and oxygen atoms in total. The number of amides is 1. The predicted molar refractivity (Wildman–Crippen MR) is 130 cm³/mol. The summed E-state index contributed by atoms with van der Waals surface area (Å²) in [6.45, 7) is 3.44. The number of halogens is 3. The second kappa shape index (κ2) is 9.53. The maximum absolute atomic E-state index is 13.7. The first kappa shape index (κ1) is 24.8. The van der Waals surface area contributed by atoms with Crippen molar-refractivity contribution in [1.82, 2.24) is 20.3 Å². The second-order valence-corrected chi connectivity index (χ2v) is 9.05. The minimum absolute atomic E-state index is 0.0247. The molecule has 3 aromatic heterocycles. The van der Waals surface area contributed by atoms with Gasteiger partial charge in [0.25, 0.3) is 5.91 Å². The third-order valence-electron chi connectivity index (χ3n) is 6.98. The van der Waals surface area contributed by atoms with Crippen molar-refractivity contribution >= 4 is 11.6 Å². The van der Waals surface area contributed by atoms with E-state index in [2.05, 4.69) is 20.3 Å². The summed E-state index contributed by atoms with van der Waals surface area (Å²) in [5.74, 6) is 0.0761. The van der Waals surface area contributed by atoms with Crippen LogP contribution in [0, 0.1) is 0 Å². The van der Waals surface area contributed by atoms with Crippen LogP contribution in [0.1, 0.15) is 41.5 Å². The first-order valence-corrected chi connectivity index (χ1v) is 12.0. The normalized spacial score (nSPS) is 16.8. The Balaban J connectivity index is 1.45. The molecule has 5 rings (SSSR count). The molecule has 3 aromatic rings. The molecule has 1 saturated heterocycles. The highest BCUT2D eigenvalue weighted by Crippen LogP contribution is 2.43. The fourth-order valence-electron chi connectivity index (χ4n) is 5.11. The molecule has 0 bridgehead atoms. The molecule has 2 aliphatic heterocycles. The Bertz CT molecular complexity index is 1320. The number of aromatic nitrogens is 3. The van der Waals surface area contributed by atoms with Gasteiger partial charge in [0.1, 0.15) is 5.69 Å². The molecule has 1 spiro atoms. The summed E-state index contributed by atoms with van der Waals surface area (Å²) in [6.07, 6.45) is -1.90. The molecular weight excluding hydrogens is 487 g/mol. The van der Waals surface area contributed by atoms with Gasteiger partial charge < -0.3 is 19.7 Å². The summed E-state index contributed by atoms with van der Waals surface area (Å²) in [6, 6.07) is 10.2. The zero-order valence-corrected chi connectivity index (χ0v) is 20.4. The molecule has 0 radical (unpaired) electrons. The van der Waals surface area contributed by atoms with Crippen molar-refractivity contribution in [2.24, 2.45) is 0 Å². The molecule has 0 saturated carbocycles. The summed E-state index contributed by atoms with van der Waals surface area (Å²) in [4.78, 5) is 27.2. The Morgan fingerprint density at radius 2 is 1.89 bits per heavy atom. The molecule has 194 valence electrons. The second-order valence-electron chi connectivity index (χ2n) is 9.05. The maximum Gasteiger partial charge on any atom is 0.435 e. The number of ether oxygens (including phenoxy) is 2. The van der Waals surface area contributed by atoms with Crippen LogP contribution in [0.3, 0.4) is 0 Å². The predicted octanol–water partition coefficient (Wildman–Crippen LogP) is 4.25. The van der Waals surface area contributed by atoms with Crippen molar-refractivity contribution in [2.75, 3.05) is 38.3 Å². The Morgan fingerprint density at radius 3 is 2.59 bits per heavy atom. The third-order valence-corrected chi connectivity index (χ3v) is 6.98. The van der Waals surface area contributed by atoms with Crippen LogP contribution in [0.5, 0.6) is 11.8 Å². The number of piperidine rings is 1. The first-order chi connectivity index (χ1) is 17.8. The molecule has 0 aromatic carbocycles. The molecule has 1 N–H and O–H groups in total. The topological polar surface area (TPSA) is 89.5 Å². The molecule has 0 aliphatic carbocycles. The van der Waals surface area contributed by atoms with E-state index in [9.17, 15) is 18.0 Å². The number of rotatable bonds is 5. The van der Waals surface area contributed by atoms with Gasteiger partial charge in [0.05, 0.1) is 30.7 Å². The minimum atomic E-state index is -4.61. The van der Waals surface area contributed by atoms with Crippen LogP contribution >= 0.6 is 0 Å². The van der Waals surface area contributed by atoms with Crippen LogP contribution in [0.25, 0.3) is 11.3 Å². The number of fused-ring (bicyclic) bond motifs is 2. The number of pyridine rings is 3. The van der Waals surface area contributed by atoms with Gasteiger partial charge in [0.2, 0.25) is 11.8 Å². The monoisotopic (exact) mass is 513 g/mol. The Morgan fingerprint density at radius 1 is 1.11 bits per heavy atom. The van der Waals surface area contributed by atoms with Crippen LogP contribution in [0.4, 0.5) is 18.9 Å². The van der Waals surface area contributed by atoms with Crippen LogP contribution < -0.4 is 19.7 Å². The van der Waals surface area contributed by atoms with Crippen LogP contribution in [0.2, 0.25) is 0 Å². The Labute approximate surface area is 211 Å². The van der Waals surface area contributed by atoms with E-state index in [1.807, 2.05) is 25.1 Å². The number of hydrogen-bond acceptors (Lipinski definition) is 7. The molecule has 11 heteroatoms. The third kappa shape index (κ3) is 4.54. The highest BCUT2D eigenvalue weighted by atomic mass is 19.4. The van der Waals surface area contributed by atoms with E-state index in [0.29, 0.717) is 61.9 Å². The SMILES string of the molecule is CCOc1ncccc1-c1ccc2c(n1)C(=O)NCC21CCN(c2ccc(OC)nc2C(F)(F)F)CC1. The van der Waals surface area contributed by atoms with Gasteiger partial charge in [-0.15, -0.1) is 0 Å². The van der Waals surface area contributed by atoms with Crippen molar-refractivity contribution < 1.29 is 27.4 Å². The zero-order chi connectivity index (χ0) is 26.2. The Kier molecular flexibility index (Phi) is 6.38. The molecule has 2 aliphatic rings. The maximum atomic E-state index is 13.7. The van der Waals surface area contributed by atoms with E-state index < -0.39 is 17.3 Å². The number of carbonyl (C=O) groups excluding carboxylic acids is 1. The molecule has 5 heterocycles. The number of nitrogens with one attached hydrogen (secondary N) is 1. The summed E-state index contributed by atoms with van der Waals surface area (Å²) < 4.78 is 51.8. The average molecular weight is 514 g/mol. The quantitative estimate of drug-likeness (QED) is 0.546. The smallest absolute Gasteiger partial charge is 0.435 e. The van der Waals surface area contributed by atoms with Crippen molar-refractivity contribution in [3.8, 4) is 23.0 Å².